The smallest absolute Gasteiger partial charge is 0.0965 e. The third-order valence-electron chi connectivity index (χ3n) is 3.45. The summed E-state index contributed by atoms with van der Waals surface area (Å²) in [6, 6.07) is 2.34. The average Bonchev–Trinajstić information content (AvgIpc) is 2.76. The molecule has 0 saturated heterocycles. The van der Waals surface area contributed by atoms with Gasteiger partial charge in [-0.05, 0) is 38.8 Å². The maximum absolute atomic E-state index is 8.92. The number of hydrogen-bond donors (Lipinski definition) is 1. The Balaban J connectivity index is 2.13. The summed E-state index contributed by atoms with van der Waals surface area (Å²) in [6.45, 7) is 5.17. The minimum absolute atomic E-state index is 0.0241. The van der Waals surface area contributed by atoms with Gasteiger partial charge in [0.05, 0.1) is 12.1 Å². The van der Waals surface area contributed by atoms with Crippen molar-refractivity contribution in [2.24, 2.45) is 5.92 Å². The predicted octanol–water partition coefficient (Wildman–Crippen LogP) is 2.00. The first-order valence-electron chi connectivity index (χ1n) is 6.57. The lowest BCUT2D eigenvalue weighted by atomic mass is 10.1. The van der Waals surface area contributed by atoms with Crippen molar-refractivity contribution in [3.05, 3.63) is 0 Å². The second kappa shape index (κ2) is 7.65. The highest BCUT2D eigenvalue weighted by molar-refractivity contribution is 4.89. The summed E-state index contributed by atoms with van der Waals surface area (Å²) in [6.07, 6.45) is 6.57. The summed E-state index contributed by atoms with van der Waals surface area (Å²) >= 11 is 0. The molecule has 0 amide bonds. The standard InChI is InChI=1S/C13H25N3/c1-3-15-13(10-14)8-9-16(2)11-12-6-4-5-7-12/h12-13,15H,3-9,11H2,1-2H3. The minimum Gasteiger partial charge on any atom is -0.306 e. The molecule has 0 bridgehead atoms. The van der Waals surface area contributed by atoms with Crippen LogP contribution in [0, 0.1) is 17.2 Å². The number of nitrogens with zero attached hydrogens (tertiary/aromatic N) is 2. The van der Waals surface area contributed by atoms with E-state index in [9.17, 15) is 0 Å². The predicted molar refractivity (Wildman–Crippen MR) is 67.1 cm³/mol. The first kappa shape index (κ1) is 13.5. The molecule has 1 atom stereocenters. The molecule has 1 fully saturated rings. The van der Waals surface area contributed by atoms with Crippen molar-refractivity contribution in [3.63, 3.8) is 0 Å². The van der Waals surface area contributed by atoms with Crippen LogP contribution in [0.2, 0.25) is 0 Å². The fourth-order valence-electron chi connectivity index (χ4n) is 2.53. The lowest BCUT2D eigenvalue weighted by Crippen LogP contribution is -2.33. The van der Waals surface area contributed by atoms with Crippen molar-refractivity contribution in [3.8, 4) is 6.07 Å². The van der Waals surface area contributed by atoms with Gasteiger partial charge >= 0.3 is 0 Å². The molecule has 0 spiro atoms. The van der Waals surface area contributed by atoms with Crippen molar-refractivity contribution < 1.29 is 0 Å². The van der Waals surface area contributed by atoms with Gasteiger partial charge in [-0.15, -0.1) is 0 Å². The van der Waals surface area contributed by atoms with Crippen LogP contribution in [-0.2, 0) is 0 Å². The van der Waals surface area contributed by atoms with Crippen LogP contribution in [-0.4, -0.2) is 37.6 Å². The van der Waals surface area contributed by atoms with Crippen LogP contribution in [0.15, 0.2) is 0 Å². The van der Waals surface area contributed by atoms with Crippen LogP contribution in [0.5, 0.6) is 0 Å². The van der Waals surface area contributed by atoms with Gasteiger partial charge in [-0.1, -0.05) is 19.8 Å². The first-order chi connectivity index (χ1) is 7.76. The maximum atomic E-state index is 8.92. The monoisotopic (exact) mass is 223 g/mol. The Morgan fingerprint density at radius 3 is 2.69 bits per heavy atom. The number of rotatable bonds is 7. The molecule has 0 aromatic carbocycles. The van der Waals surface area contributed by atoms with E-state index in [1.165, 1.54) is 32.2 Å². The lowest BCUT2D eigenvalue weighted by Gasteiger charge is -2.21. The van der Waals surface area contributed by atoms with E-state index in [2.05, 4.69) is 23.3 Å². The molecule has 1 saturated carbocycles. The van der Waals surface area contributed by atoms with Gasteiger partial charge in [-0.25, -0.2) is 0 Å². The average molecular weight is 223 g/mol. The Labute approximate surface area is 99.8 Å². The number of nitrogens with one attached hydrogen (secondary N) is 1. The Kier molecular flexibility index (Phi) is 6.44. The Morgan fingerprint density at radius 1 is 1.44 bits per heavy atom. The van der Waals surface area contributed by atoms with Crippen molar-refractivity contribution in [2.75, 3.05) is 26.7 Å². The van der Waals surface area contributed by atoms with E-state index in [1.807, 2.05) is 6.92 Å². The molecule has 1 aliphatic carbocycles. The molecule has 0 aromatic heterocycles. The highest BCUT2D eigenvalue weighted by Gasteiger charge is 2.17. The minimum atomic E-state index is 0.0241. The van der Waals surface area contributed by atoms with Gasteiger partial charge in [-0.2, -0.15) is 5.26 Å². The largest absolute Gasteiger partial charge is 0.306 e. The molecule has 0 heterocycles. The molecule has 1 unspecified atom stereocenters. The second-order valence-corrected chi connectivity index (χ2v) is 4.94. The van der Waals surface area contributed by atoms with E-state index in [1.54, 1.807) is 0 Å². The summed E-state index contributed by atoms with van der Waals surface area (Å²) in [5, 5.41) is 12.1. The van der Waals surface area contributed by atoms with Crippen LogP contribution >= 0.6 is 0 Å². The summed E-state index contributed by atoms with van der Waals surface area (Å²) < 4.78 is 0. The van der Waals surface area contributed by atoms with Crippen LogP contribution < -0.4 is 5.32 Å². The molecule has 16 heavy (non-hydrogen) atoms. The molecule has 0 radical (unpaired) electrons. The molecule has 1 N–H and O–H groups in total. The maximum Gasteiger partial charge on any atom is 0.0965 e. The number of nitriles is 1. The van der Waals surface area contributed by atoms with Gasteiger partial charge in [0.25, 0.3) is 0 Å². The SMILES string of the molecule is CCNC(C#N)CCN(C)CC1CCCC1. The molecule has 3 nitrogen and oxygen atoms in total. The van der Waals surface area contributed by atoms with Crippen molar-refractivity contribution in [2.45, 2.75) is 45.1 Å². The Morgan fingerprint density at radius 2 is 2.12 bits per heavy atom. The fraction of sp³-hybridized carbons (Fsp3) is 0.923. The van der Waals surface area contributed by atoms with Gasteiger partial charge < -0.3 is 10.2 Å². The van der Waals surface area contributed by atoms with Gasteiger partial charge in [0.1, 0.15) is 0 Å². The van der Waals surface area contributed by atoms with Crippen LogP contribution in [0.3, 0.4) is 0 Å². The van der Waals surface area contributed by atoms with Crippen molar-refractivity contribution in [1.29, 1.82) is 5.26 Å². The molecular weight excluding hydrogens is 198 g/mol. The Bertz CT molecular complexity index is 216. The Hall–Kier alpha value is -0.590. The summed E-state index contributed by atoms with van der Waals surface area (Å²) in [5.41, 5.74) is 0. The van der Waals surface area contributed by atoms with Gasteiger partial charge in [0.15, 0.2) is 0 Å². The zero-order valence-corrected chi connectivity index (χ0v) is 10.7. The molecular formula is C13H25N3. The molecule has 92 valence electrons. The van der Waals surface area contributed by atoms with Crippen molar-refractivity contribution >= 4 is 0 Å². The van der Waals surface area contributed by atoms with E-state index >= 15 is 0 Å². The van der Waals surface area contributed by atoms with E-state index in [-0.39, 0.29) is 6.04 Å². The van der Waals surface area contributed by atoms with Crippen LogP contribution in [0.4, 0.5) is 0 Å². The summed E-state index contributed by atoms with van der Waals surface area (Å²) in [7, 11) is 2.18. The van der Waals surface area contributed by atoms with Gasteiger partial charge in [0, 0.05) is 13.1 Å². The molecule has 1 rings (SSSR count). The summed E-state index contributed by atoms with van der Waals surface area (Å²) in [5.74, 6) is 0.907. The third kappa shape index (κ3) is 4.96. The molecule has 3 heteroatoms. The highest BCUT2D eigenvalue weighted by atomic mass is 15.1. The third-order valence-corrected chi connectivity index (χ3v) is 3.45. The topological polar surface area (TPSA) is 39.1 Å². The van der Waals surface area contributed by atoms with Gasteiger partial charge in [-0.3, -0.25) is 0 Å². The van der Waals surface area contributed by atoms with Crippen LogP contribution in [0.25, 0.3) is 0 Å². The van der Waals surface area contributed by atoms with E-state index in [0.29, 0.717) is 0 Å². The van der Waals surface area contributed by atoms with Crippen LogP contribution in [0.1, 0.15) is 39.0 Å². The molecule has 1 aliphatic rings. The zero-order chi connectivity index (χ0) is 11.8. The van der Waals surface area contributed by atoms with E-state index in [0.717, 1.165) is 25.4 Å². The highest BCUT2D eigenvalue weighted by Crippen LogP contribution is 2.25. The first-order valence-corrected chi connectivity index (χ1v) is 6.57. The lowest BCUT2D eigenvalue weighted by molar-refractivity contribution is 0.269. The summed E-state index contributed by atoms with van der Waals surface area (Å²) in [4.78, 5) is 2.39. The van der Waals surface area contributed by atoms with Crippen molar-refractivity contribution in [1.82, 2.24) is 10.2 Å². The quantitative estimate of drug-likeness (QED) is 0.717. The zero-order valence-electron chi connectivity index (χ0n) is 10.7. The van der Waals surface area contributed by atoms with E-state index < -0.39 is 0 Å². The fourth-order valence-corrected chi connectivity index (χ4v) is 2.53. The normalized spacial score (nSPS) is 18.9. The second-order valence-electron chi connectivity index (χ2n) is 4.94. The van der Waals surface area contributed by atoms with Gasteiger partial charge in [0.2, 0.25) is 0 Å². The molecule has 0 aliphatic heterocycles. The van der Waals surface area contributed by atoms with E-state index in [4.69, 9.17) is 5.26 Å². The molecule has 0 aromatic rings. The number of hydrogen-bond acceptors (Lipinski definition) is 3.